The Morgan fingerprint density at radius 1 is 1.33 bits per heavy atom. The molecule has 1 rings (SSSR count). The van der Waals surface area contributed by atoms with Crippen molar-refractivity contribution in [2.24, 2.45) is 0 Å². The third-order valence-electron chi connectivity index (χ3n) is 1.37. The smallest absolute Gasteiger partial charge is 0.132 e. The van der Waals surface area contributed by atoms with Gasteiger partial charge in [-0.1, -0.05) is 12.1 Å². The fourth-order valence-corrected chi connectivity index (χ4v) is 1.34. The molecule has 12 heavy (non-hydrogen) atoms. The van der Waals surface area contributed by atoms with E-state index in [4.69, 9.17) is 4.74 Å². The van der Waals surface area contributed by atoms with Crippen molar-refractivity contribution < 1.29 is 9.13 Å². The molecule has 0 spiro atoms. The van der Waals surface area contributed by atoms with Gasteiger partial charge in [0.05, 0.1) is 16.9 Å². The summed E-state index contributed by atoms with van der Waals surface area (Å²) in [4.78, 5) is 0. The standard InChI is InChI=1S/C9H10FIO/c10-6-3-7-12-9-5-2-1-4-8(9)11/h1-2,4-5H,3,6-7H2. The molecule has 0 fully saturated rings. The van der Waals surface area contributed by atoms with Crippen LogP contribution in [0, 0.1) is 3.57 Å². The average Bonchev–Trinajstić information content (AvgIpc) is 2.09. The van der Waals surface area contributed by atoms with Crippen molar-refractivity contribution in [3.63, 3.8) is 0 Å². The Balaban J connectivity index is 2.46. The van der Waals surface area contributed by atoms with Gasteiger partial charge in [0.25, 0.3) is 0 Å². The minimum atomic E-state index is -0.316. The Kier molecular flexibility index (Phi) is 4.35. The SMILES string of the molecule is FCCCOc1ccccc1I. The van der Waals surface area contributed by atoms with E-state index in [1.54, 1.807) is 0 Å². The maximum Gasteiger partial charge on any atom is 0.132 e. The van der Waals surface area contributed by atoms with Crippen LogP contribution in [0.5, 0.6) is 5.75 Å². The van der Waals surface area contributed by atoms with Gasteiger partial charge in [-0.15, -0.1) is 0 Å². The topological polar surface area (TPSA) is 9.23 Å². The fraction of sp³-hybridized carbons (Fsp3) is 0.333. The van der Waals surface area contributed by atoms with Crippen molar-refractivity contribution in [3.05, 3.63) is 27.8 Å². The highest BCUT2D eigenvalue weighted by Crippen LogP contribution is 2.19. The zero-order valence-corrected chi connectivity index (χ0v) is 8.75. The molecule has 0 aliphatic heterocycles. The van der Waals surface area contributed by atoms with E-state index in [1.807, 2.05) is 24.3 Å². The van der Waals surface area contributed by atoms with Gasteiger partial charge in [0.2, 0.25) is 0 Å². The van der Waals surface area contributed by atoms with Crippen LogP contribution in [0.15, 0.2) is 24.3 Å². The molecular weight excluding hydrogens is 270 g/mol. The first-order valence-electron chi connectivity index (χ1n) is 3.78. The predicted molar refractivity (Wildman–Crippen MR) is 55.2 cm³/mol. The van der Waals surface area contributed by atoms with Gasteiger partial charge < -0.3 is 4.74 Å². The molecule has 0 heterocycles. The molecule has 1 nitrogen and oxygen atoms in total. The van der Waals surface area contributed by atoms with Gasteiger partial charge in [-0.3, -0.25) is 4.39 Å². The van der Waals surface area contributed by atoms with Crippen LogP contribution in [-0.4, -0.2) is 13.3 Å². The summed E-state index contributed by atoms with van der Waals surface area (Å²) in [5, 5.41) is 0. The van der Waals surface area contributed by atoms with Gasteiger partial charge in [0.15, 0.2) is 0 Å². The molecular formula is C9H10FIO. The average molecular weight is 280 g/mol. The third-order valence-corrected chi connectivity index (χ3v) is 2.26. The maximum absolute atomic E-state index is 11.7. The van der Waals surface area contributed by atoms with Crippen LogP contribution in [0.2, 0.25) is 0 Å². The summed E-state index contributed by atoms with van der Waals surface area (Å²) in [5.41, 5.74) is 0. The lowest BCUT2D eigenvalue weighted by Gasteiger charge is -2.05. The van der Waals surface area contributed by atoms with E-state index >= 15 is 0 Å². The number of para-hydroxylation sites is 1. The van der Waals surface area contributed by atoms with E-state index in [0.717, 1.165) is 9.32 Å². The van der Waals surface area contributed by atoms with Crippen molar-refractivity contribution in [3.8, 4) is 5.75 Å². The van der Waals surface area contributed by atoms with Gasteiger partial charge in [-0.25, -0.2) is 0 Å². The summed E-state index contributed by atoms with van der Waals surface area (Å²) in [6, 6.07) is 7.71. The first-order valence-corrected chi connectivity index (χ1v) is 4.86. The highest BCUT2D eigenvalue weighted by atomic mass is 127. The molecule has 0 aromatic heterocycles. The van der Waals surface area contributed by atoms with Gasteiger partial charge in [0.1, 0.15) is 5.75 Å². The molecule has 0 radical (unpaired) electrons. The molecule has 3 heteroatoms. The fourth-order valence-electron chi connectivity index (χ4n) is 0.798. The first-order chi connectivity index (χ1) is 5.84. The van der Waals surface area contributed by atoms with Crippen LogP contribution in [-0.2, 0) is 0 Å². The Labute approximate surface area is 85.1 Å². The predicted octanol–water partition coefficient (Wildman–Crippen LogP) is 3.03. The van der Waals surface area contributed by atoms with Crippen LogP contribution in [0.3, 0.4) is 0 Å². The monoisotopic (exact) mass is 280 g/mol. The summed E-state index contributed by atoms with van der Waals surface area (Å²) < 4.78 is 18.1. The first kappa shape index (κ1) is 9.77. The second-order valence-electron chi connectivity index (χ2n) is 2.32. The lowest BCUT2D eigenvalue weighted by Crippen LogP contribution is -1.99. The molecule has 0 bridgehead atoms. The molecule has 0 atom stereocenters. The maximum atomic E-state index is 11.7. The molecule has 0 aliphatic carbocycles. The number of benzene rings is 1. The minimum Gasteiger partial charge on any atom is -0.492 e. The number of hydrogen-bond acceptors (Lipinski definition) is 1. The highest BCUT2D eigenvalue weighted by molar-refractivity contribution is 14.1. The summed E-state index contributed by atoms with van der Waals surface area (Å²) in [6.07, 6.45) is 0.463. The molecule has 1 aromatic rings. The third kappa shape index (κ3) is 2.97. The number of ether oxygens (including phenoxy) is 1. The summed E-state index contributed by atoms with van der Waals surface area (Å²) in [7, 11) is 0. The Bertz CT molecular complexity index is 240. The molecule has 0 saturated heterocycles. The summed E-state index contributed by atoms with van der Waals surface area (Å²) >= 11 is 2.19. The number of rotatable bonds is 4. The van der Waals surface area contributed by atoms with E-state index < -0.39 is 0 Å². The van der Waals surface area contributed by atoms with Crippen molar-refractivity contribution >= 4 is 22.6 Å². The number of hydrogen-bond donors (Lipinski definition) is 0. The Hall–Kier alpha value is -0.320. The van der Waals surface area contributed by atoms with E-state index in [1.165, 1.54) is 0 Å². The minimum absolute atomic E-state index is 0.316. The summed E-state index contributed by atoms with van der Waals surface area (Å²) in [5.74, 6) is 0.839. The van der Waals surface area contributed by atoms with Gasteiger partial charge in [-0.2, -0.15) is 0 Å². The molecule has 0 saturated carbocycles. The quantitative estimate of drug-likeness (QED) is 0.608. The Morgan fingerprint density at radius 3 is 2.75 bits per heavy atom. The Morgan fingerprint density at radius 2 is 2.08 bits per heavy atom. The van der Waals surface area contributed by atoms with E-state index in [9.17, 15) is 4.39 Å². The normalized spacial score (nSPS) is 9.83. The second-order valence-corrected chi connectivity index (χ2v) is 3.48. The van der Waals surface area contributed by atoms with Crippen LogP contribution >= 0.6 is 22.6 Å². The lowest BCUT2D eigenvalue weighted by atomic mass is 10.3. The summed E-state index contributed by atoms with van der Waals surface area (Å²) in [6.45, 7) is 0.139. The largest absolute Gasteiger partial charge is 0.492 e. The van der Waals surface area contributed by atoms with Crippen LogP contribution < -0.4 is 4.74 Å². The van der Waals surface area contributed by atoms with Crippen LogP contribution in [0.1, 0.15) is 6.42 Å². The number of halogens is 2. The van der Waals surface area contributed by atoms with Crippen molar-refractivity contribution in [1.29, 1.82) is 0 Å². The van der Waals surface area contributed by atoms with Crippen LogP contribution in [0.4, 0.5) is 4.39 Å². The zero-order chi connectivity index (χ0) is 8.81. The van der Waals surface area contributed by atoms with Crippen molar-refractivity contribution in [2.45, 2.75) is 6.42 Å². The number of alkyl halides is 1. The molecule has 0 aliphatic rings. The van der Waals surface area contributed by atoms with E-state index in [2.05, 4.69) is 22.6 Å². The molecule has 1 aromatic carbocycles. The molecule has 0 unspecified atom stereocenters. The molecule has 66 valence electrons. The van der Waals surface area contributed by atoms with Gasteiger partial charge >= 0.3 is 0 Å². The molecule has 0 amide bonds. The van der Waals surface area contributed by atoms with Crippen molar-refractivity contribution in [1.82, 2.24) is 0 Å². The van der Waals surface area contributed by atoms with Gasteiger partial charge in [-0.05, 0) is 34.7 Å². The molecule has 0 N–H and O–H groups in total. The van der Waals surface area contributed by atoms with Crippen molar-refractivity contribution in [2.75, 3.05) is 13.3 Å². The van der Waals surface area contributed by atoms with Crippen LogP contribution in [0.25, 0.3) is 0 Å². The van der Waals surface area contributed by atoms with E-state index in [-0.39, 0.29) is 6.67 Å². The van der Waals surface area contributed by atoms with E-state index in [0.29, 0.717) is 13.0 Å². The second kappa shape index (κ2) is 5.35. The lowest BCUT2D eigenvalue weighted by molar-refractivity contribution is 0.288. The highest BCUT2D eigenvalue weighted by Gasteiger charge is 1.97. The zero-order valence-electron chi connectivity index (χ0n) is 6.59. The van der Waals surface area contributed by atoms with Gasteiger partial charge in [0, 0.05) is 6.42 Å².